The van der Waals surface area contributed by atoms with Gasteiger partial charge in [-0.1, -0.05) is 0 Å². The summed E-state index contributed by atoms with van der Waals surface area (Å²) >= 11 is 3.24. The summed E-state index contributed by atoms with van der Waals surface area (Å²) in [6.07, 6.45) is 0. The summed E-state index contributed by atoms with van der Waals surface area (Å²) < 4.78 is 26.7. The van der Waals surface area contributed by atoms with Crippen LogP contribution in [0, 0.1) is 0 Å². The average molecular weight is 189 g/mol. The van der Waals surface area contributed by atoms with Gasteiger partial charge in [-0.15, -0.1) is 9.05 Å². The normalized spacial score (nSPS) is 6.44. The molecule has 0 aliphatic carbocycles. The van der Waals surface area contributed by atoms with Gasteiger partial charge in [-0.05, 0) is 11.2 Å². The van der Waals surface area contributed by atoms with Gasteiger partial charge >= 0.3 is 29.6 Å². The fourth-order valence-electron chi connectivity index (χ4n) is 0. The topological polar surface area (TPSA) is 158 Å². The molecule has 0 rings (SSSR count). The van der Waals surface area contributed by atoms with Crippen molar-refractivity contribution >= 4 is 20.2 Å². The second-order valence-corrected chi connectivity index (χ2v) is 2.45. The van der Waals surface area contributed by atoms with Crippen molar-refractivity contribution in [3.05, 3.63) is 0 Å². The van der Waals surface area contributed by atoms with Gasteiger partial charge < -0.3 is 25.5 Å². The van der Waals surface area contributed by atoms with Gasteiger partial charge in [-0.3, -0.25) is 4.21 Å². The Morgan fingerprint density at radius 2 is 1.11 bits per heavy atom. The van der Waals surface area contributed by atoms with Gasteiger partial charge in [0.05, 0.1) is 0 Å². The summed E-state index contributed by atoms with van der Waals surface area (Å²) in [5.41, 5.74) is 0. The van der Waals surface area contributed by atoms with Gasteiger partial charge in [0.15, 0.2) is 0 Å². The molecule has 0 unspecified atom stereocenters. The van der Waals surface area contributed by atoms with Crippen molar-refractivity contribution in [1.29, 1.82) is 0 Å². The van der Waals surface area contributed by atoms with E-state index in [2.05, 4.69) is 11.2 Å². The van der Waals surface area contributed by atoms with E-state index in [1.54, 1.807) is 0 Å². The Balaban J connectivity index is -0.0000000133. The summed E-state index contributed by atoms with van der Waals surface area (Å²) in [6.45, 7) is 0. The quantitative estimate of drug-likeness (QED) is 0.347. The van der Waals surface area contributed by atoms with Gasteiger partial charge in [-0.25, -0.2) is 0 Å². The first-order valence-electron chi connectivity index (χ1n) is 0.667. The molecule has 0 aromatic rings. The molecule has 9 heavy (non-hydrogen) atoms. The van der Waals surface area contributed by atoms with E-state index in [-0.39, 0.29) is 46.0 Å². The van der Waals surface area contributed by atoms with Gasteiger partial charge in [0, 0.05) is 0 Å². The monoisotopic (exact) mass is 189 g/mol. The van der Waals surface area contributed by atoms with Gasteiger partial charge in [0.1, 0.15) is 0 Å². The van der Waals surface area contributed by atoms with Crippen molar-refractivity contribution in [2.45, 2.75) is 0 Å². The zero-order chi connectivity index (χ0) is 4.50. The standard InChI is InChI=1S/Na.H2O3S2.3H2O/c;1-5(2,3)4;;;/h;(H2,1,2,3,4);3*1H2/q+1;;;;/p-2. The van der Waals surface area contributed by atoms with Gasteiger partial charge in [0.25, 0.3) is 0 Å². The Kier molecular flexibility index (Phi) is 42.3. The molecule has 0 amide bonds. The number of rotatable bonds is 0. The third-order valence-corrected chi connectivity index (χ3v) is 0. The predicted molar refractivity (Wildman–Crippen MR) is 27.9 cm³/mol. The Morgan fingerprint density at radius 1 is 1.11 bits per heavy atom. The minimum Gasteiger partial charge on any atom is -0.780 e. The minimum atomic E-state index is -4.33. The SMILES string of the molecule is O.O.O.O=S([O-])([O-])=S.[Na+]. The molecule has 0 fully saturated rings. The molecule has 56 valence electrons. The van der Waals surface area contributed by atoms with Crippen LogP contribution in [0.15, 0.2) is 0 Å². The van der Waals surface area contributed by atoms with Crippen LogP contribution >= 0.6 is 0 Å². The maximum Gasteiger partial charge on any atom is 1.00 e. The third kappa shape index (κ3) is 344. The molecule has 0 aliphatic rings. The van der Waals surface area contributed by atoms with Crippen molar-refractivity contribution < 1.29 is 59.3 Å². The van der Waals surface area contributed by atoms with Crippen LogP contribution in [0.3, 0.4) is 0 Å². The van der Waals surface area contributed by atoms with Crippen molar-refractivity contribution in [3.8, 4) is 0 Å². The van der Waals surface area contributed by atoms with Crippen molar-refractivity contribution in [2.24, 2.45) is 0 Å². The molecule has 0 aromatic heterocycles. The van der Waals surface area contributed by atoms with E-state index in [9.17, 15) is 0 Å². The van der Waals surface area contributed by atoms with Crippen LogP contribution < -0.4 is 29.6 Å². The van der Waals surface area contributed by atoms with E-state index in [0.717, 1.165) is 0 Å². The second-order valence-electron chi connectivity index (χ2n) is 0.408. The first kappa shape index (κ1) is 32.0. The van der Waals surface area contributed by atoms with Crippen LogP contribution in [0.4, 0.5) is 0 Å². The van der Waals surface area contributed by atoms with E-state index in [1.807, 2.05) is 0 Å². The maximum absolute atomic E-state index is 8.89. The molecular weight excluding hydrogens is 183 g/mol. The van der Waals surface area contributed by atoms with Crippen molar-refractivity contribution in [3.63, 3.8) is 0 Å². The molecule has 0 aliphatic heterocycles. The van der Waals surface area contributed by atoms with Crippen LogP contribution in [0.1, 0.15) is 0 Å². The molecule has 6 nitrogen and oxygen atoms in total. The number of hydrogen-bond donors (Lipinski definition) is 0. The zero-order valence-electron chi connectivity index (χ0n) is 4.54. The van der Waals surface area contributed by atoms with E-state index in [1.165, 1.54) is 0 Å². The summed E-state index contributed by atoms with van der Waals surface area (Å²) in [4.78, 5) is 0. The van der Waals surface area contributed by atoms with Crippen molar-refractivity contribution in [2.75, 3.05) is 0 Å². The van der Waals surface area contributed by atoms with Gasteiger partial charge in [-0.2, -0.15) is 0 Å². The van der Waals surface area contributed by atoms with E-state index >= 15 is 0 Å². The van der Waals surface area contributed by atoms with E-state index in [4.69, 9.17) is 13.3 Å². The fourth-order valence-corrected chi connectivity index (χ4v) is 0. The number of hydrogen-bond acceptors (Lipinski definition) is 4. The molecule has 0 saturated heterocycles. The minimum absolute atomic E-state index is 0. The van der Waals surface area contributed by atoms with Crippen LogP contribution in [-0.4, -0.2) is 29.7 Å². The summed E-state index contributed by atoms with van der Waals surface area (Å²) in [5.74, 6) is 0. The first-order chi connectivity index (χ1) is 2.00. The smallest absolute Gasteiger partial charge is 0.780 e. The zero-order valence-corrected chi connectivity index (χ0v) is 8.17. The van der Waals surface area contributed by atoms with E-state index in [0.29, 0.717) is 0 Å². The summed E-state index contributed by atoms with van der Waals surface area (Å²) in [7, 11) is -4.33. The molecule has 0 atom stereocenters. The van der Waals surface area contributed by atoms with Crippen LogP contribution in [-0.2, 0) is 20.2 Å². The molecule has 0 bridgehead atoms. The van der Waals surface area contributed by atoms with Crippen LogP contribution in [0.5, 0.6) is 0 Å². The second kappa shape index (κ2) is 11.9. The maximum atomic E-state index is 8.89. The fraction of sp³-hybridized carbons (Fsp3) is 0. The first-order valence-corrected chi connectivity index (χ1v) is 3.00. The molecule has 0 heterocycles. The Morgan fingerprint density at radius 3 is 1.11 bits per heavy atom. The molecular formula is H6NaO6S2-. The molecule has 0 radical (unpaired) electrons. The average Bonchev–Trinajstić information content (AvgIpc) is 0.722. The summed E-state index contributed by atoms with van der Waals surface area (Å²) in [6, 6.07) is 0. The molecule has 6 N–H and O–H groups in total. The van der Waals surface area contributed by atoms with Gasteiger partial charge in [0.2, 0.25) is 0 Å². The molecule has 0 aromatic carbocycles. The predicted octanol–water partition coefficient (Wildman–Crippen LogP) is -6.48. The van der Waals surface area contributed by atoms with Crippen LogP contribution in [0.2, 0.25) is 0 Å². The largest absolute Gasteiger partial charge is 1.00 e. The van der Waals surface area contributed by atoms with Crippen LogP contribution in [0.25, 0.3) is 0 Å². The van der Waals surface area contributed by atoms with E-state index < -0.39 is 9.05 Å². The molecule has 0 spiro atoms. The Bertz CT molecular complexity index is 94.2. The summed E-state index contributed by atoms with van der Waals surface area (Å²) in [5, 5.41) is 0. The molecule has 9 heteroatoms. The Labute approximate surface area is 79.2 Å². The molecule has 0 saturated carbocycles. The third-order valence-electron chi connectivity index (χ3n) is 0. The van der Waals surface area contributed by atoms with Crippen molar-refractivity contribution in [1.82, 2.24) is 0 Å². The Hall–Kier alpha value is 1.17.